The van der Waals surface area contributed by atoms with E-state index in [1.165, 1.54) is 18.2 Å². The minimum absolute atomic E-state index is 0.0919. The van der Waals surface area contributed by atoms with Crippen LogP contribution in [0.25, 0.3) is 0 Å². The van der Waals surface area contributed by atoms with Crippen LogP contribution in [-0.4, -0.2) is 6.54 Å². The van der Waals surface area contributed by atoms with Gasteiger partial charge in [0.1, 0.15) is 11.6 Å². The van der Waals surface area contributed by atoms with Gasteiger partial charge in [-0.15, -0.1) is 11.3 Å². The average Bonchev–Trinajstić information content (AvgIpc) is 2.79. The molecule has 0 bridgehead atoms. The summed E-state index contributed by atoms with van der Waals surface area (Å²) in [6.45, 7) is 2.72. The lowest BCUT2D eigenvalue weighted by Gasteiger charge is -2.18. The molecule has 1 N–H and O–H groups in total. The fraction of sp³-hybridized carbons (Fsp3) is 0.286. The quantitative estimate of drug-likeness (QED) is 0.829. The summed E-state index contributed by atoms with van der Waals surface area (Å²) in [5.41, 5.74) is 0.133. The molecule has 1 nitrogen and oxygen atoms in total. The maximum Gasteiger partial charge on any atom is 0.129 e. The van der Waals surface area contributed by atoms with E-state index in [-0.39, 0.29) is 11.6 Å². The van der Waals surface area contributed by atoms with Crippen LogP contribution in [0, 0.1) is 11.6 Å². The van der Waals surface area contributed by atoms with E-state index in [4.69, 9.17) is 0 Å². The first-order chi connectivity index (χ1) is 9.13. The minimum Gasteiger partial charge on any atom is -0.309 e. The van der Waals surface area contributed by atoms with Crippen LogP contribution in [0.4, 0.5) is 8.78 Å². The summed E-state index contributed by atoms with van der Waals surface area (Å²) in [5, 5.41) is 5.24. The monoisotopic (exact) mass is 345 g/mol. The van der Waals surface area contributed by atoms with Crippen LogP contribution in [0.5, 0.6) is 0 Å². The molecule has 2 aromatic rings. The molecule has 0 saturated heterocycles. The third-order valence-electron chi connectivity index (χ3n) is 2.88. The Hall–Kier alpha value is -0.780. The molecule has 2 rings (SSSR count). The number of halogens is 3. The second kappa shape index (κ2) is 6.59. The SMILES string of the molecule is CCNC(Cc1c(F)cccc1F)c1sccc1Br. The van der Waals surface area contributed by atoms with Gasteiger partial charge in [-0.3, -0.25) is 0 Å². The molecule has 5 heteroatoms. The molecule has 0 aliphatic carbocycles. The van der Waals surface area contributed by atoms with E-state index in [0.29, 0.717) is 6.42 Å². The van der Waals surface area contributed by atoms with Crippen LogP contribution in [0.1, 0.15) is 23.4 Å². The van der Waals surface area contributed by atoms with Gasteiger partial charge in [0.2, 0.25) is 0 Å². The van der Waals surface area contributed by atoms with Crippen LogP contribution in [0.2, 0.25) is 0 Å². The molecule has 0 aliphatic heterocycles. The Bertz CT molecular complexity index is 536. The van der Waals surface area contributed by atoms with Crippen molar-refractivity contribution in [1.29, 1.82) is 0 Å². The number of hydrogen-bond donors (Lipinski definition) is 1. The summed E-state index contributed by atoms with van der Waals surface area (Å²) >= 11 is 5.04. The van der Waals surface area contributed by atoms with Gasteiger partial charge in [-0.1, -0.05) is 13.0 Å². The Morgan fingerprint density at radius 3 is 2.47 bits per heavy atom. The smallest absolute Gasteiger partial charge is 0.129 e. The molecule has 0 radical (unpaired) electrons. The lowest BCUT2D eigenvalue weighted by atomic mass is 10.0. The lowest BCUT2D eigenvalue weighted by molar-refractivity contribution is 0.503. The number of nitrogens with one attached hydrogen (secondary N) is 1. The van der Waals surface area contributed by atoms with E-state index in [0.717, 1.165) is 15.9 Å². The molecule has 0 aliphatic rings. The molecule has 1 aromatic heterocycles. The fourth-order valence-corrected chi connectivity index (χ4v) is 3.72. The van der Waals surface area contributed by atoms with Crippen molar-refractivity contribution in [3.63, 3.8) is 0 Å². The van der Waals surface area contributed by atoms with Gasteiger partial charge >= 0.3 is 0 Å². The predicted octanol–water partition coefficient (Wildman–Crippen LogP) is 4.68. The Morgan fingerprint density at radius 2 is 1.95 bits per heavy atom. The zero-order chi connectivity index (χ0) is 13.8. The van der Waals surface area contributed by atoms with Gasteiger partial charge in [-0.2, -0.15) is 0 Å². The highest BCUT2D eigenvalue weighted by Crippen LogP contribution is 2.32. The predicted molar refractivity (Wildman–Crippen MR) is 78.5 cm³/mol. The van der Waals surface area contributed by atoms with E-state index < -0.39 is 11.6 Å². The van der Waals surface area contributed by atoms with Crippen LogP contribution >= 0.6 is 27.3 Å². The van der Waals surface area contributed by atoms with Crippen molar-refractivity contribution in [2.24, 2.45) is 0 Å². The first-order valence-corrected chi connectivity index (χ1v) is 7.70. The molecule has 102 valence electrons. The zero-order valence-corrected chi connectivity index (χ0v) is 12.8. The molecule has 19 heavy (non-hydrogen) atoms. The second-order valence-electron chi connectivity index (χ2n) is 4.15. The fourth-order valence-electron chi connectivity index (χ4n) is 1.99. The third kappa shape index (κ3) is 3.41. The normalized spacial score (nSPS) is 12.6. The van der Waals surface area contributed by atoms with E-state index in [1.807, 2.05) is 18.4 Å². The number of thiophene rings is 1. The second-order valence-corrected chi connectivity index (χ2v) is 5.95. The molecule has 0 fully saturated rings. The molecule has 0 saturated carbocycles. The summed E-state index contributed by atoms with van der Waals surface area (Å²) in [6, 6.07) is 5.83. The van der Waals surface area contributed by atoms with Crippen molar-refractivity contribution in [2.75, 3.05) is 6.54 Å². The summed E-state index contributed by atoms with van der Waals surface area (Å²) in [4.78, 5) is 1.06. The Morgan fingerprint density at radius 1 is 1.26 bits per heavy atom. The van der Waals surface area contributed by atoms with Crippen molar-refractivity contribution in [3.8, 4) is 0 Å². The lowest BCUT2D eigenvalue weighted by Crippen LogP contribution is -2.23. The first kappa shape index (κ1) is 14.6. The van der Waals surface area contributed by atoms with Crippen molar-refractivity contribution in [2.45, 2.75) is 19.4 Å². The van der Waals surface area contributed by atoms with Gasteiger partial charge < -0.3 is 5.32 Å². The minimum atomic E-state index is -0.490. The first-order valence-electron chi connectivity index (χ1n) is 6.02. The number of rotatable bonds is 5. The van der Waals surface area contributed by atoms with Gasteiger partial charge in [0.15, 0.2) is 0 Å². The highest BCUT2D eigenvalue weighted by atomic mass is 79.9. The zero-order valence-electron chi connectivity index (χ0n) is 10.4. The topological polar surface area (TPSA) is 12.0 Å². The Kier molecular flexibility index (Phi) is 5.07. The molecular weight excluding hydrogens is 332 g/mol. The van der Waals surface area contributed by atoms with Gasteiger partial charge in [0.05, 0.1) is 0 Å². The molecule has 1 atom stereocenters. The van der Waals surface area contributed by atoms with Crippen molar-refractivity contribution < 1.29 is 8.78 Å². The van der Waals surface area contributed by atoms with E-state index in [2.05, 4.69) is 21.2 Å². The van der Waals surface area contributed by atoms with E-state index in [9.17, 15) is 8.78 Å². The average molecular weight is 346 g/mol. The highest BCUT2D eigenvalue weighted by Gasteiger charge is 2.19. The molecule has 1 heterocycles. The van der Waals surface area contributed by atoms with Crippen LogP contribution in [-0.2, 0) is 6.42 Å². The molecular formula is C14H14BrF2NS. The molecule has 1 aromatic carbocycles. The van der Waals surface area contributed by atoms with Gasteiger partial charge in [0, 0.05) is 21.0 Å². The summed E-state index contributed by atoms with van der Waals surface area (Å²) < 4.78 is 28.4. The maximum absolute atomic E-state index is 13.7. The third-order valence-corrected chi connectivity index (χ3v) is 4.87. The number of likely N-dealkylation sites (N-methyl/N-ethyl adjacent to an activating group) is 1. The van der Waals surface area contributed by atoms with Crippen LogP contribution in [0.3, 0.4) is 0 Å². The van der Waals surface area contributed by atoms with Crippen molar-refractivity contribution >= 4 is 27.3 Å². The van der Waals surface area contributed by atoms with Crippen molar-refractivity contribution in [1.82, 2.24) is 5.32 Å². The van der Waals surface area contributed by atoms with E-state index >= 15 is 0 Å². The highest BCUT2D eigenvalue weighted by molar-refractivity contribution is 9.10. The summed E-state index contributed by atoms with van der Waals surface area (Å²) in [7, 11) is 0. The van der Waals surface area contributed by atoms with Gasteiger partial charge in [0.25, 0.3) is 0 Å². The Labute approximate surface area is 123 Å². The van der Waals surface area contributed by atoms with Gasteiger partial charge in [-0.05, 0) is 52.5 Å². The summed E-state index contributed by atoms with van der Waals surface area (Å²) in [5.74, 6) is -0.980. The molecule has 0 spiro atoms. The summed E-state index contributed by atoms with van der Waals surface area (Å²) in [6.07, 6.45) is 0.297. The van der Waals surface area contributed by atoms with Crippen LogP contribution in [0.15, 0.2) is 34.1 Å². The largest absolute Gasteiger partial charge is 0.309 e. The standard InChI is InChI=1S/C14H14BrF2NS/c1-2-18-13(14-10(15)6-7-19-14)8-9-11(16)4-3-5-12(9)17/h3-7,13,18H,2,8H2,1H3. The molecule has 0 amide bonds. The van der Waals surface area contributed by atoms with Gasteiger partial charge in [-0.25, -0.2) is 8.78 Å². The van der Waals surface area contributed by atoms with E-state index in [1.54, 1.807) is 11.3 Å². The van der Waals surface area contributed by atoms with Crippen LogP contribution < -0.4 is 5.32 Å². The van der Waals surface area contributed by atoms with Crippen molar-refractivity contribution in [3.05, 3.63) is 56.2 Å². The number of hydrogen-bond acceptors (Lipinski definition) is 2. The molecule has 1 unspecified atom stereocenters. The number of benzene rings is 1. The maximum atomic E-state index is 13.7. The Balaban J connectivity index is 2.29.